The predicted octanol–water partition coefficient (Wildman–Crippen LogP) is 3.71. The average Bonchev–Trinajstić information content (AvgIpc) is 2.72. The summed E-state index contributed by atoms with van der Waals surface area (Å²) in [5, 5.41) is 8.03. The molecule has 0 atom stereocenters. The van der Waals surface area contributed by atoms with Crippen LogP contribution in [-0.4, -0.2) is 38.1 Å². The molecule has 2 aromatic carbocycles. The largest absolute Gasteiger partial charge is 0.573 e. The van der Waals surface area contributed by atoms with Gasteiger partial charge in [0.25, 0.3) is 0 Å². The predicted molar refractivity (Wildman–Crippen MR) is 106 cm³/mol. The zero-order valence-corrected chi connectivity index (χ0v) is 17.1. The maximum Gasteiger partial charge on any atom is 0.573 e. The first-order valence-corrected chi connectivity index (χ1v) is 10.5. The second kappa shape index (κ2) is 9.31. The first-order chi connectivity index (χ1) is 14.6. The Balaban J connectivity index is 1.50. The molecule has 0 aliphatic rings. The topological polar surface area (TPSA) is 90.4 Å². The van der Waals surface area contributed by atoms with Crippen molar-refractivity contribution >= 4 is 10.0 Å². The molecule has 0 unspecified atom stereocenters. The van der Waals surface area contributed by atoms with Gasteiger partial charge in [-0.15, -0.1) is 23.4 Å². The quantitative estimate of drug-likeness (QED) is 0.523. The molecule has 1 aromatic heterocycles. The molecule has 3 rings (SSSR count). The van der Waals surface area contributed by atoms with Crippen molar-refractivity contribution in [3.05, 3.63) is 66.2 Å². The Labute approximate surface area is 176 Å². The highest BCUT2D eigenvalue weighted by molar-refractivity contribution is 7.89. The van der Waals surface area contributed by atoms with Crippen LogP contribution >= 0.6 is 0 Å². The number of aromatic nitrogens is 2. The Morgan fingerprint density at radius 1 is 0.935 bits per heavy atom. The van der Waals surface area contributed by atoms with Crippen LogP contribution in [-0.2, 0) is 10.0 Å². The molecular weight excluding hydrogens is 435 g/mol. The molecule has 1 N–H and O–H groups in total. The molecular formula is C20H18F3N3O4S. The van der Waals surface area contributed by atoms with Gasteiger partial charge < -0.3 is 9.47 Å². The number of nitrogens with one attached hydrogen (secondary N) is 1. The van der Waals surface area contributed by atoms with Crippen molar-refractivity contribution in [2.75, 3.05) is 13.2 Å². The molecule has 7 nitrogen and oxygen atoms in total. The highest BCUT2D eigenvalue weighted by Crippen LogP contribution is 2.24. The third kappa shape index (κ3) is 6.66. The molecule has 0 saturated carbocycles. The highest BCUT2D eigenvalue weighted by Gasteiger charge is 2.31. The molecule has 11 heteroatoms. The van der Waals surface area contributed by atoms with Crippen molar-refractivity contribution in [1.82, 2.24) is 14.9 Å². The van der Waals surface area contributed by atoms with Crippen LogP contribution in [0.3, 0.4) is 0 Å². The van der Waals surface area contributed by atoms with Crippen LogP contribution in [0.1, 0.15) is 5.56 Å². The number of halogens is 3. The molecule has 31 heavy (non-hydrogen) atoms. The number of benzene rings is 2. The monoisotopic (exact) mass is 453 g/mol. The Morgan fingerprint density at radius 2 is 1.61 bits per heavy atom. The molecule has 0 aliphatic heterocycles. The first kappa shape index (κ1) is 22.5. The number of nitrogens with zero attached hydrogens (tertiary/aromatic N) is 2. The number of hydrogen-bond acceptors (Lipinski definition) is 6. The Kier molecular flexibility index (Phi) is 6.76. The summed E-state index contributed by atoms with van der Waals surface area (Å²) in [5.74, 6) is -0.286. The molecule has 0 fully saturated rings. The van der Waals surface area contributed by atoms with E-state index in [0.29, 0.717) is 5.69 Å². The van der Waals surface area contributed by atoms with Crippen molar-refractivity contribution in [2.45, 2.75) is 18.2 Å². The van der Waals surface area contributed by atoms with Crippen LogP contribution in [0.25, 0.3) is 11.3 Å². The van der Waals surface area contributed by atoms with Crippen LogP contribution in [0.15, 0.2) is 65.6 Å². The second-order valence-electron chi connectivity index (χ2n) is 6.39. The number of aryl methyl sites for hydroxylation is 1. The van der Waals surface area contributed by atoms with Gasteiger partial charge in [0.05, 0.1) is 10.6 Å². The van der Waals surface area contributed by atoms with Gasteiger partial charge in [-0.2, -0.15) is 0 Å². The fourth-order valence-corrected chi connectivity index (χ4v) is 3.52. The summed E-state index contributed by atoms with van der Waals surface area (Å²) in [6.07, 6.45) is -4.85. The van der Waals surface area contributed by atoms with E-state index in [9.17, 15) is 21.6 Å². The van der Waals surface area contributed by atoms with E-state index in [1.54, 1.807) is 12.1 Å². The molecule has 0 saturated heterocycles. The van der Waals surface area contributed by atoms with Crippen molar-refractivity contribution < 1.29 is 31.1 Å². The van der Waals surface area contributed by atoms with E-state index in [4.69, 9.17) is 4.74 Å². The van der Waals surface area contributed by atoms with E-state index in [1.807, 2.05) is 31.2 Å². The minimum absolute atomic E-state index is 0.0208. The van der Waals surface area contributed by atoms with Crippen LogP contribution in [0.2, 0.25) is 0 Å². The molecule has 0 aliphatic carbocycles. The van der Waals surface area contributed by atoms with E-state index in [0.717, 1.165) is 35.4 Å². The van der Waals surface area contributed by atoms with Gasteiger partial charge >= 0.3 is 6.36 Å². The molecule has 164 valence electrons. The number of alkyl halides is 3. The maximum atomic E-state index is 12.2. The smallest absolute Gasteiger partial charge is 0.475 e. The highest BCUT2D eigenvalue weighted by atomic mass is 32.2. The fourth-order valence-electron chi connectivity index (χ4n) is 2.51. The minimum atomic E-state index is -4.85. The number of rotatable bonds is 8. The summed E-state index contributed by atoms with van der Waals surface area (Å²) < 4.78 is 72.3. The summed E-state index contributed by atoms with van der Waals surface area (Å²) >= 11 is 0. The van der Waals surface area contributed by atoms with Crippen molar-refractivity contribution in [2.24, 2.45) is 0 Å². The standard InChI is InChI=1S/C20H18F3N3O4S/c1-14-2-4-15(5-3-14)18-10-11-19(26-25-18)29-13-12-24-31(27,28)17-8-6-16(7-9-17)30-20(21,22)23/h2-11,24H,12-13H2,1H3. The number of sulfonamides is 1. The third-order valence-electron chi connectivity index (χ3n) is 4.00. The van der Waals surface area contributed by atoms with Gasteiger partial charge in [-0.05, 0) is 37.3 Å². The maximum absolute atomic E-state index is 12.2. The zero-order valence-electron chi connectivity index (χ0n) is 16.3. The van der Waals surface area contributed by atoms with E-state index < -0.39 is 22.1 Å². The molecule has 0 amide bonds. The van der Waals surface area contributed by atoms with Gasteiger partial charge in [-0.25, -0.2) is 13.1 Å². The lowest BCUT2D eigenvalue weighted by Crippen LogP contribution is -2.28. The third-order valence-corrected chi connectivity index (χ3v) is 5.48. The van der Waals surface area contributed by atoms with E-state index >= 15 is 0 Å². The second-order valence-corrected chi connectivity index (χ2v) is 8.16. The fraction of sp³-hybridized carbons (Fsp3) is 0.200. The molecule has 0 bridgehead atoms. The van der Waals surface area contributed by atoms with Crippen LogP contribution in [0.4, 0.5) is 13.2 Å². The van der Waals surface area contributed by atoms with Gasteiger partial charge in [0.2, 0.25) is 15.9 Å². The summed E-state index contributed by atoms with van der Waals surface area (Å²) in [6, 6.07) is 15.0. The first-order valence-electron chi connectivity index (χ1n) is 9.01. The lowest BCUT2D eigenvalue weighted by atomic mass is 10.1. The summed E-state index contributed by atoms with van der Waals surface area (Å²) in [5.41, 5.74) is 2.71. The van der Waals surface area contributed by atoms with Gasteiger partial charge in [0.15, 0.2) is 0 Å². The lowest BCUT2D eigenvalue weighted by Gasteiger charge is -2.10. The zero-order chi connectivity index (χ0) is 22.5. The van der Waals surface area contributed by atoms with E-state index in [-0.39, 0.29) is 23.9 Å². The normalized spacial score (nSPS) is 11.9. The molecule has 0 spiro atoms. The van der Waals surface area contributed by atoms with Gasteiger partial charge in [0, 0.05) is 18.2 Å². The Bertz CT molecular complexity index is 1100. The molecule has 0 radical (unpaired) electrons. The summed E-state index contributed by atoms with van der Waals surface area (Å²) in [7, 11) is -3.92. The summed E-state index contributed by atoms with van der Waals surface area (Å²) in [4.78, 5) is -0.204. The molecule has 1 heterocycles. The van der Waals surface area contributed by atoms with E-state index in [1.165, 1.54) is 0 Å². The van der Waals surface area contributed by atoms with E-state index in [2.05, 4.69) is 19.7 Å². The van der Waals surface area contributed by atoms with Crippen LogP contribution in [0.5, 0.6) is 11.6 Å². The van der Waals surface area contributed by atoms with Gasteiger partial charge in [-0.1, -0.05) is 29.8 Å². The SMILES string of the molecule is Cc1ccc(-c2ccc(OCCNS(=O)(=O)c3ccc(OC(F)(F)F)cc3)nn2)cc1. The van der Waals surface area contributed by atoms with Gasteiger partial charge in [-0.3, -0.25) is 0 Å². The van der Waals surface area contributed by atoms with Crippen molar-refractivity contribution in [3.8, 4) is 22.9 Å². The van der Waals surface area contributed by atoms with Crippen molar-refractivity contribution in [1.29, 1.82) is 0 Å². The van der Waals surface area contributed by atoms with Crippen molar-refractivity contribution in [3.63, 3.8) is 0 Å². The Hall–Kier alpha value is -3.18. The summed E-state index contributed by atoms with van der Waals surface area (Å²) in [6.45, 7) is 1.88. The van der Waals surface area contributed by atoms with Crippen LogP contribution < -0.4 is 14.2 Å². The number of hydrogen-bond donors (Lipinski definition) is 1. The minimum Gasteiger partial charge on any atom is -0.475 e. The number of ether oxygens (including phenoxy) is 2. The molecule has 3 aromatic rings. The lowest BCUT2D eigenvalue weighted by molar-refractivity contribution is -0.274. The van der Waals surface area contributed by atoms with Gasteiger partial charge in [0.1, 0.15) is 12.4 Å². The Morgan fingerprint density at radius 3 is 2.19 bits per heavy atom. The van der Waals surface area contributed by atoms with Crippen LogP contribution in [0, 0.1) is 6.92 Å². The average molecular weight is 453 g/mol.